The van der Waals surface area contributed by atoms with Gasteiger partial charge in [-0.1, -0.05) is 6.92 Å². The van der Waals surface area contributed by atoms with Gasteiger partial charge >= 0.3 is 6.09 Å². The lowest BCUT2D eigenvalue weighted by Gasteiger charge is -2.30. The normalized spacial score (nSPS) is 37.4. The first-order valence-electron chi connectivity index (χ1n) is 7.36. The van der Waals surface area contributed by atoms with Crippen molar-refractivity contribution in [3.63, 3.8) is 0 Å². The van der Waals surface area contributed by atoms with E-state index in [9.17, 15) is 4.79 Å². The number of carbonyl (C=O) groups excluding carboxylic acids is 1. The van der Waals surface area contributed by atoms with Crippen LogP contribution in [0.15, 0.2) is 0 Å². The Morgan fingerprint density at radius 3 is 2.50 bits per heavy atom. The van der Waals surface area contributed by atoms with Crippen molar-refractivity contribution in [2.75, 3.05) is 20.3 Å². The van der Waals surface area contributed by atoms with Crippen LogP contribution in [0.4, 0.5) is 4.79 Å². The molecule has 2 fully saturated rings. The van der Waals surface area contributed by atoms with Gasteiger partial charge in [-0.3, -0.25) is 0 Å². The molecule has 2 rings (SSSR count). The molecule has 0 aromatic rings. The summed E-state index contributed by atoms with van der Waals surface area (Å²) in [4.78, 5) is 13.8. The van der Waals surface area contributed by atoms with E-state index in [4.69, 9.17) is 14.2 Å². The number of amides is 1. The zero-order valence-corrected chi connectivity index (χ0v) is 13.4. The molecule has 116 valence electrons. The molecule has 0 aromatic heterocycles. The van der Waals surface area contributed by atoms with Gasteiger partial charge in [-0.15, -0.1) is 0 Å². The van der Waals surface area contributed by atoms with Crippen LogP contribution in [0.2, 0.25) is 0 Å². The van der Waals surface area contributed by atoms with E-state index in [-0.39, 0.29) is 23.8 Å². The zero-order chi connectivity index (χ0) is 15.1. The number of likely N-dealkylation sites (N-methyl/N-ethyl adjacent to an activating group) is 1. The topological polar surface area (TPSA) is 48.0 Å². The second-order valence-electron chi connectivity index (χ2n) is 7.13. The van der Waals surface area contributed by atoms with Crippen LogP contribution in [0.5, 0.6) is 0 Å². The molecule has 5 heteroatoms. The van der Waals surface area contributed by atoms with Gasteiger partial charge in [-0.25, -0.2) is 4.79 Å². The lowest BCUT2D eigenvalue weighted by Crippen LogP contribution is -2.43. The Kier molecular flexibility index (Phi) is 4.04. The van der Waals surface area contributed by atoms with Gasteiger partial charge in [-0.05, 0) is 27.7 Å². The predicted molar refractivity (Wildman–Crippen MR) is 75.7 cm³/mol. The minimum atomic E-state index is -0.471. The summed E-state index contributed by atoms with van der Waals surface area (Å²) in [7, 11) is 1.78. The first kappa shape index (κ1) is 15.6. The second kappa shape index (κ2) is 5.19. The van der Waals surface area contributed by atoms with E-state index in [1.807, 2.05) is 20.8 Å². The number of hydrogen-bond acceptors (Lipinski definition) is 4. The van der Waals surface area contributed by atoms with E-state index < -0.39 is 5.60 Å². The summed E-state index contributed by atoms with van der Waals surface area (Å²) in [6.07, 6.45) is 0.734. The van der Waals surface area contributed by atoms with Crippen LogP contribution >= 0.6 is 0 Å². The number of ether oxygens (including phenoxy) is 3. The Labute approximate surface area is 121 Å². The largest absolute Gasteiger partial charge is 0.444 e. The quantitative estimate of drug-likeness (QED) is 0.742. The van der Waals surface area contributed by atoms with Crippen LogP contribution in [0.25, 0.3) is 0 Å². The number of carbonyl (C=O) groups is 1. The van der Waals surface area contributed by atoms with Crippen LogP contribution < -0.4 is 0 Å². The Hall–Kier alpha value is -0.810. The molecule has 0 unspecified atom stereocenters. The second-order valence-corrected chi connectivity index (χ2v) is 7.13. The van der Waals surface area contributed by atoms with Crippen molar-refractivity contribution in [3.8, 4) is 0 Å². The number of rotatable bonds is 1. The molecule has 0 N–H and O–H groups in total. The average molecular weight is 285 g/mol. The van der Waals surface area contributed by atoms with Gasteiger partial charge < -0.3 is 19.1 Å². The van der Waals surface area contributed by atoms with Crippen LogP contribution in [0.3, 0.4) is 0 Å². The summed E-state index contributed by atoms with van der Waals surface area (Å²) in [5.41, 5.74) is -0.707. The number of hydrogen-bond donors (Lipinski definition) is 0. The highest BCUT2D eigenvalue weighted by atomic mass is 16.6. The van der Waals surface area contributed by atoms with Crippen molar-refractivity contribution in [1.82, 2.24) is 4.90 Å². The standard InChI is InChI=1S/C15H27NO4/c1-10-11(2)18-9-15(10)7-12(8-19-15)16(6)13(17)20-14(3,4)5/h10-12H,7-9H2,1-6H3/t10-,11-,12-,15+/m0/s1. The smallest absolute Gasteiger partial charge is 0.410 e. The fraction of sp³-hybridized carbons (Fsp3) is 0.933. The SMILES string of the molecule is C[C@@H]1OC[C@]2(C[C@H](N(C)C(=O)OC(C)(C)C)CO2)[C@H]1C. The fourth-order valence-electron chi connectivity index (χ4n) is 2.90. The van der Waals surface area contributed by atoms with Crippen LogP contribution in [0, 0.1) is 5.92 Å². The first-order valence-corrected chi connectivity index (χ1v) is 7.36. The molecule has 0 radical (unpaired) electrons. The maximum atomic E-state index is 12.1. The summed E-state index contributed by atoms with van der Waals surface area (Å²) in [5, 5.41) is 0. The fourth-order valence-corrected chi connectivity index (χ4v) is 2.90. The summed E-state index contributed by atoms with van der Waals surface area (Å²) < 4.78 is 17.1. The molecule has 2 aliphatic rings. The summed E-state index contributed by atoms with van der Waals surface area (Å²) in [5.74, 6) is 0.347. The Balaban J connectivity index is 1.97. The van der Waals surface area contributed by atoms with Crippen molar-refractivity contribution in [2.24, 2.45) is 5.92 Å². The highest BCUT2D eigenvalue weighted by Crippen LogP contribution is 2.42. The lowest BCUT2D eigenvalue weighted by atomic mass is 9.85. The van der Waals surface area contributed by atoms with Crippen molar-refractivity contribution in [1.29, 1.82) is 0 Å². The molecule has 0 aromatic carbocycles. The van der Waals surface area contributed by atoms with Gasteiger partial charge in [0.05, 0.1) is 31.0 Å². The molecule has 20 heavy (non-hydrogen) atoms. The minimum absolute atomic E-state index is 0.0567. The van der Waals surface area contributed by atoms with Gasteiger partial charge in [0, 0.05) is 19.4 Å². The van der Waals surface area contributed by atoms with Crippen LogP contribution in [0.1, 0.15) is 41.0 Å². The molecule has 0 saturated carbocycles. The van der Waals surface area contributed by atoms with Gasteiger partial charge in [0.15, 0.2) is 0 Å². The molecular formula is C15H27NO4. The predicted octanol–water partition coefficient (Wildman–Crippen LogP) is 2.44. The van der Waals surface area contributed by atoms with Crippen molar-refractivity contribution < 1.29 is 19.0 Å². The Morgan fingerprint density at radius 2 is 2.00 bits per heavy atom. The lowest BCUT2D eigenvalue weighted by molar-refractivity contribution is -0.0241. The van der Waals surface area contributed by atoms with Gasteiger partial charge in [0.25, 0.3) is 0 Å². The molecule has 2 heterocycles. The van der Waals surface area contributed by atoms with E-state index in [2.05, 4.69) is 13.8 Å². The molecule has 2 aliphatic heterocycles. The van der Waals surface area contributed by atoms with Crippen molar-refractivity contribution in [2.45, 2.75) is 64.4 Å². The third-order valence-corrected chi connectivity index (χ3v) is 4.50. The Morgan fingerprint density at radius 1 is 1.35 bits per heavy atom. The van der Waals surface area contributed by atoms with Crippen LogP contribution in [-0.2, 0) is 14.2 Å². The van der Waals surface area contributed by atoms with Gasteiger partial charge in [0.2, 0.25) is 0 Å². The van der Waals surface area contributed by atoms with E-state index in [0.29, 0.717) is 19.1 Å². The van der Waals surface area contributed by atoms with E-state index in [1.54, 1.807) is 11.9 Å². The van der Waals surface area contributed by atoms with E-state index in [0.717, 1.165) is 6.42 Å². The molecule has 0 aliphatic carbocycles. The highest BCUT2D eigenvalue weighted by molar-refractivity contribution is 5.68. The molecule has 5 nitrogen and oxygen atoms in total. The van der Waals surface area contributed by atoms with Crippen molar-refractivity contribution in [3.05, 3.63) is 0 Å². The third kappa shape index (κ3) is 2.93. The molecule has 1 amide bonds. The van der Waals surface area contributed by atoms with E-state index >= 15 is 0 Å². The average Bonchev–Trinajstić information content (AvgIpc) is 2.87. The summed E-state index contributed by atoms with van der Waals surface area (Å²) in [6, 6.07) is 0.0567. The maximum absolute atomic E-state index is 12.1. The third-order valence-electron chi connectivity index (χ3n) is 4.50. The Bertz CT molecular complexity index is 379. The van der Waals surface area contributed by atoms with Gasteiger partial charge in [0.1, 0.15) is 5.60 Å². The van der Waals surface area contributed by atoms with Crippen molar-refractivity contribution >= 4 is 6.09 Å². The van der Waals surface area contributed by atoms with Crippen LogP contribution in [-0.4, -0.2) is 54.6 Å². The maximum Gasteiger partial charge on any atom is 0.410 e. The molecule has 1 spiro atoms. The summed E-state index contributed by atoms with van der Waals surface area (Å²) in [6.45, 7) is 11.0. The zero-order valence-electron chi connectivity index (χ0n) is 13.4. The number of nitrogens with zero attached hydrogens (tertiary/aromatic N) is 1. The minimum Gasteiger partial charge on any atom is -0.444 e. The highest BCUT2D eigenvalue weighted by Gasteiger charge is 2.52. The summed E-state index contributed by atoms with van der Waals surface area (Å²) >= 11 is 0. The van der Waals surface area contributed by atoms with Gasteiger partial charge in [-0.2, -0.15) is 0 Å². The molecule has 0 bridgehead atoms. The van der Waals surface area contributed by atoms with E-state index in [1.165, 1.54) is 0 Å². The monoisotopic (exact) mass is 285 g/mol. The molecule has 4 atom stereocenters. The first-order chi connectivity index (χ1) is 9.15. The molecular weight excluding hydrogens is 258 g/mol. The molecule has 2 saturated heterocycles.